The van der Waals surface area contributed by atoms with Crippen molar-refractivity contribution in [3.63, 3.8) is 0 Å². The molecular formula is C19H26F4N2O3. The summed E-state index contributed by atoms with van der Waals surface area (Å²) >= 11 is 0. The van der Waals surface area contributed by atoms with Gasteiger partial charge in [0.25, 0.3) is 0 Å². The zero-order chi connectivity index (χ0) is 20.5. The largest absolute Gasteiger partial charge is 0.416 e. The van der Waals surface area contributed by atoms with Gasteiger partial charge >= 0.3 is 6.18 Å². The Hall–Kier alpha value is -1.42. The van der Waals surface area contributed by atoms with Crippen LogP contribution in [0.15, 0.2) is 24.3 Å². The lowest BCUT2D eigenvalue weighted by Gasteiger charge is -2.45. The third-order valence-electron chi connectivity index (χ3n) is 5.85. The zero-order valence-electron chi connectivity index (χ0n) is 15.4. The Labute approximate surface area is 161 Å². The molecule has 9 heteroatoms. The van der Waals surface area contributed by atoms with Crippen LogP contribution >= 0.6 is 0 Å². The summed E-state index contributed by atoms with van der Waals surface area (Å²) in [5, 5.41) is 29.6. The highest BCUT2D eigenvalue weighted by atomic mass is 19.4. The summed E-state index contributed by atoms with van der Waals surface area (Å²) in [6.45, 7) is 1.12. The number of benzene rings is 1. The molecule has 1 aromatic rings. The molecule has 4 atom stereocenters. The van der Waals surface area contributed by atoms with Crippen LogP contribution in [0.1, 0.15) is 18.4 Å². The van der Waals surface area contributed by atoms with Gasteiger partial charge in [-0.1, -0.05) is 0 Å². The number of hydrogen-bond acceptors (Lipinski definition) is 5. The van der Waals surface area contributed by atoms with E-state index in [4.69, 9.17) is 0 Å². The highest BCUT2D eigenvalue weighted by molar-refractivity contribution is 5.48. The third-order valence-corrected chi connectivity index (χ3v) is 5.85. The van der Waals surface area contributed by atoms with Crippen molar-refractivity contribution in [1.29, 1.82) is 0 Å². The molecule has 0 spiro atoms. The lowest BCUT2D eigenvalue weighted by molar-refractivity contribution is -0.143. The van der Waals surface area contributed by atoms with Gasteiger partial charge in [-0.15, -0.1) is 0 Å². The minimum Gasteiger partial charge on any atom is -0.389 e. The average molecular weight is 406 g/mol. The van der Waals surface area contributed by atoms with Crippen LogP contribution < -0.4 is 4.90 Å². The monoisotopic (exact) mass is 406 g/mol. The van der Waals surface area contributed by atoms with E-state index in [-0.39, 0.29) is 12.5 Å². The molecule has 2 aliphatic heterocycles. The smallest absolute Gasteiger partial charge is 0.389 e. The second-order valence-electron chi connectivity index (χ2n) is 7.70. The maximum absolute atomic E-state index is 13.4. The molecule has 2 saturated heterocycles. The number of aliphatic hydroxyl groups excluding tert-OH is 3. The van der Waals surface area contributed by atoms with Crippen LogP contribution in [0.25, 0.3) is 0 Å². The minimum absolute atomic E-state index is 0.103. The predicted molar refractivity (Wildman–Crippen MR) is 95.7 cm³/mol. The van der Waals surface area contributed by atoms with Crippen LogP contribution in [0.2, 0.25) is 0 Å². The minimum atomic E-state index is -4.35. The number of piperidine rings is 2. The number of halogens is 4. The van der Waals surface area contributed by atoms with Crippen molar-refractivity contribution in [3.05, 3.63) is 29.8 Å². The molecule has 3 N–H and O–H groups in total. The Morgan fingerprint density at radius 3 is 2.11 bits per heavy atom. The van der Waals surface area contributed by atoms with Gasteiger partial charge < -0.3 is 20.2 Å². The zero-order valence-corrected chi connectivity index (χ0v) is 15.4. The van der Waals surface area contributed by atoms with Gasteiger partial charge in [0, 0.05) is 31.9 Å². The Balaban J connectivity index is 1.55. The molecule has 0 bridgehead atoms. The Morgan fingerprint density at radius 1 is 0.964 bits per heavy atom. The van der Waals surface area contributed by atoms with Crippen molar-refractivity contribution < 1.29 is 32.9 Å². The molecule has 5 nitrogen and oxygen atoms in total. The van der Waals surface area contributed by atoms with E-state index >= 15 is 0 Å². The van der Waals surface area contributed by atoms with Gasteiger partial charge in [0.15, 0.2) is 0 Å². The first-order chi connectivity index (χ1) is 13.2. The molecule has 2 aliphatic rings. The van der Waals surface area contributed by atoms with E-state index in [0.29, 0.717) is 19.6 Å². The van der Waals surface area contributed by atoms with Gasteiger partial charge in [-0.2, -0.15) is 13.2 Å². The molecule has 0 aliphatic carbocycles. The maximum atomic E-state index is 13.4. The summed E-state index contributed by atoms with van der Waals surface area (Å²) in [5.74, 6) is 0.217. The van der Waals surface area contributed by atoms with E-state index in [1.165, 1.54) is 12.1 Å². The molecule has 0 aromatic heterocycles. The number of rotatable bonds is 4. The summed E-state index contributed by atoms with van der Waals surface area (Å²) in [6.07, 6.45) is -6.61. The van der Waals surface area contributed by atoms with Crippen LogP contribution in [0, 0.1) is 5.92 Å². The van der Waals surface area contributed by atoms with Crippen molar-refractivity contribution in [2.45, 2.75) is 43.4 Å². The van der Waals surface area contributed by atoms with E-state index in [1.54, 1.807) is 4.90 Å². The third kappa shape index (κ3) is 4.59. The summed E-state index contributed by atoms with van der Waals surface area (Å²) in [7, 11) is 0. The molecule has 2 heterocycles. The first-order valence-electron chi connectivity index (χ1n) is 9.47. The van der Waals surface area contributed by atoms with Crippen LogP contribution in [0.5, 0.6) is 0 Å². The Bertz CT molecular complexity index is 635. The highest BCUT2D eigenvalue weighted by Gasteiger charge is 2.42. The fourth-order valence-corrected chi connectivity index (χ4v) is 4.12. The van der Waals surface area contributed by atoms with Gasteiger partial charge in [0.05, 0.1) is 17.7 Å². The molecular weight excluding hydrogens is 380 g/mol. The fraction of sp³-hybridized carbons (Fsp3) is 0.684. The van der Waals surface area contributed by atoms with Crippen molar-refractivity contribution in [2.75, 3.05) is 37.8 Å². The SMILES string of the molecule is O[C@H]1[C@H](O)[C@@H](O)CN(CC2CCN(c3ccc(C(F)(F)F)cc3)CC2)[C@@H]1CF. The second kappa shape index (κ2) is 8.52. The summed E-state index contributed by atoms with van der Waals surface area (Å²) < 4.78 is 51.4. The standard InChI is InChI=1S/C19H26F4N2O3/c20-9-15-17(27)18(28)16(26)11-25(15)10-12-5-7-24(8-6-12)14-3-1-13(2-4-14)19(21,22)23/h1-4,12,15-18,26-28H,5-11H2/t15-,16+,17-,18-/m1/s1. The normalized spacial score (nSPS) is 30.6. The van der Waals surface area contributed by atoms with E-state index in [0.717, 1.165) is 30.7 Å². The fourth-order valence-electron chi connectivity index (χ4n) is 4.12. The van der Waals surface area contributed by atoms with Gasteiger partial charge in [-0.05, 0) is 43.0 Å². The lowest BCUT2D eigenvalue weighted by Crippen LogP contribution is -2.63. The van der Waals surface area contributed by atoms with E-state index in [1.807, 2.05) is 4.90 Å². The lowest BCUT2D eigenvalue weighted by atomic mass is 9.90. The van der Waals surface area contributed by atoms with Gasteiger partial charge in [0.2, 0.25) is 0 Å². The van der Waals surface area contributed by atoms with Crippen LogP contribution in [-0.4, -0.2) is 77.4 Å². The molecule has 0 radical (unpaired) electrons. The number of hydrogen-bond donors (Lipinski definition) is 3. The quantitative estimate of drug-likeness (QED) is 0.664. The molecule has 0 amide bonds. The molecule has 28 heavy (non-hydrogen) atoms. The maximum Gasteiger partial charge on any atom is 0.416 e. The second-order valence-corrected chi connectivity index (χ2v) is 7.70. The summed E-state index contributed by atoms with van der Waals surface area (Å²) in [5.41, 5.74) is 0.0628. The van der Waals surface area contributed by atoms with Crippen molar-refractivity contribution in [1.82, 2.24) is 4.90 Å². The first-order valence-corrected chi connectivity index (χ1v) is 9.47. The average Bonchev–Trinajstić information content (AvgIpc) is 2.66. The molecule has 158 valence electrons. The predicted octanol–water partition coefficient (Wildman–Crippen LogP) is 1.66. The van der Waals surface area contributed by atoms with E-state index < -0.39 is 42.8 Å². The van der Waals surface area contributed by atoms with Gasteiger partial charge in [0.1, 0.15) is 18.9 Å². The molecule has 0 saturated carbocycles. The van der Waals surface area contributed by atoms with Crippen molar-refractivity contribution in [2.24, 2.45) is 5.92 Å². The number of β-amino-alcohol motifs (C(OH)–C–C–N with tert-alkyl or cyclic N) is 1. The van der Waals surface area contributed by atoms with Crippen LogP contribution in [0.4, 0.5) is 23.2 Å². The number of anilines is 1. The number of nitrogens with zero attached hydrogens (tertiary/aromatic N) is 2. The molecule has 1 aromatic carbocycles. The summed E-state index contributed by atoms with van der Waals surface area (Å²) in [6, 6.07) is 4.26. The Morgan fingerprint density at radius 2 is 1.57 bits per heavy atom. The van der Waals surface area contributed by atoms with Crippen LogP contribution in [-0.2, 0) is 6.18 Å². The number of alkyl halides is 4. The topological polar surface area (TPSA) is 67.2 Å². The van der Waals surface area contributed by atoms with Crippen molar-refractivity contribution >= 4 is 5.69 Å². The highest BCUT2D eigenvalue weighted by Crippen LogP contribution is 2.32. The summed E-state index contributed by atoms with van der Waals surface area (Å²) in [4.78, 5) is 3.72. The molecule has 0 unspecified atom stereocenters. The Kier molecular flexibility index (Phi) is 6.48. The first kappa shape index (κ1) is 21.3. The molecule has 3 rings (SSSR count). The van der Waals surface area contributed by atoms with Crippen molar-refractivity contribution in [3.8, 4) is 0 Å². The van der Waals surface area contributed by atoms with E-state index in [2.05, 4.69) is 0 Å². The number of aliphatic hydroxyl groups is 3. The van der Waals surface area contributed by atoms with Gasteiger partial charge in [-0.3, -0.25) is 4.90 Å². The van der Waals surface area contributed by atoms with Crippen LogP contribution in [0.3, 0.4) is 0 Å². The molecule has 2 fully saturated rings. The number of likely N-dealkylation sites (tertiary alicyclic amines) is 1. The van der Waals surface area contributed by atoms with Gasteiger partial charge in [-0.25, -0.2) is 4.39 Å². The van der Waals surface area contributed by atoms with E-state index in [9.17, 15) is 32.9 Å².